The van der Waals surface area contributed by atoms with E-state index in [9.17, 15) is 13.2 Å². The van der Waals surface area contributed by atoms with Gasteiger partial charge in [0.05, 0.1) is 15.8 Å². The molecule has 0 saturated carbocycles. The minimum atomic E-state index is -4.23. The maximum atomic E-state index is 13.3. The van der Waals surface area contributed by atoms with Crippen molar-refractivity contribution in [3.63, 3.8) is 0 Å². The van der Waals surface area contributed by atoms with Crippen molar-refractivity contribution in [3.8, 4) is 21.7 Å². The van der Waals surface area contributed by atoms with E-state index in [0.29, 0.717) is 5.56 Å². The monoisotopic (exact) mass is 453 g/mol. The summed E-state index contributed by atoms with van der Waals surface area (Å²) >= 11 is 1.69. The Labute approximate surface area is 191 Å². The molecule has 0 atom stereocenters. The van der Waals surface area contributed by atoms with Crippen molar-refractivity contribution in [1.29, 1.82) is 0 Å². The van der Waals surface area contributed by atoms with Crippen LogP contribution in [0.2, 0.25) is 0 Å². The molecule has 166 valence electrons. The van der Waals surface area contributed by atoms with Crippen molar-refractivity contribution in [1.82, 2.24) is 4.98 Å². The second-order valence-electron chi connectivity index (χ2n) is 9.22. The highest BCUT2D eigenvalue weighted by Crippen LogP contribution is 2.43. The van der Waals surface area contributed by atoms with E-state index in [2.05, 4.69) is 44.0 Å². The second-order valence-corrected chi connectivity index (χ2v) is 10.2. The Bertz CT molecular complexity index is 1260. The highest BCUT2D eigenvalue weighted by atomic mass is 32.1. The van der Waals surface area contributed by atoms with E-state index in [1.807, 2.05) is 36.5 Å². The minimum Gasteiger partial charge on any atom is -0.255 e. The molecule has 4 rings (SSSR count). The zero-order chi connectivity index (χ0) is 23.3. The van der Waals surface area contributed by atoms with Crippen LogP contribution in [0.5, 0.6) is 0 Å². The van der Waals surface area contributed by atoms with Crippen LogP contribution in [0.4, 0.5) is 13.2 Å². The molecule has 32 heavy (non-hydrogen) atoms. The van der Waals surface area contributed by atoms with Gasteiger partial charge in [0, 0.05) is 16.6 Å². The van der Waals surface area contributed by atoms with Gasteiger partial charge < -0.3 is 0 Å². The van der Waals surface area contributed by atoms with Crippen molar-refractivity contribution in [2.45, 2.75) is 47.2 Å². The zero-order valence-corrected chi connectivity index (χ0v) is 19.7. The van der Waals surface area contributed by atoms with Crippen LogP contribution in [0, 0.1) is 26.2 Å². The summed E-state index contributed by atoms with van der Waals surface area (Å²) in [5, 5.41) is 1.16. The van der Waals surface area contributed by atoms with Crippen molar-refractivity contribution in [3.05, 3.63) is 77.0 Å². The Balaban J connectivity index is 1.74. The average molecular weight is 454 g/mol. The van der Waals surface area contributed by atoms with Crippen molar-refractivity contribution >= 4 is 21.4 Å². The van der Waals surface area contributed by atoms with Gasteiger partial charge in [0.15, 0.2) is 0 Å². The van der Waals surface area contributed by atoms with Gasteiger partial charge in [0.1, 0.15) is 0 Å². The summed E-state index contributed by atoms with van der Waals surface area (Å²) in [4.78, 5) is 5.81. The first-order valence-corrected chi connectivity index (χ1v) is 11.4. The lowest BCUT2D eigenvalue weighted by atomic mass is 9.85. The van der Waals surface area contributed by atoms with Gasteiger partial charge in [-0.05, 0) is 67.5 Å². The Morgan fingerprint density at radius 1 is 0.844 bits per heavy atom. The van der Waals surface area contributed by atoms with Crippen LogP contribution in [-0.2, 0) is 6.42 Å². The normalized spacial score (nSPS) is 12.5. The summed E-state index contributed by atoms with van der Waals surface area (Å²) in [7, 11) is 0. The molecule has 0 bridgehead atoms. The summed E-state index contributed by atoms with van der Waals surface area (Å²) in [6.45, 7) is 8.77. The molecule has 0 aliphatic rings. The first-order valence-electron chi connectivity index (χ1n) is 10.6. The summed E-state index contributed by atoms with van der Waals surface area (Å²) in [6.07, 6.45) is -2.42. The number of nitrogens with zero attached hydrogens (tertiary/aromatic N) is 1. The molecule has 2 heterocycles. The van der Waals surface area contributed by atoms with E-state index in [1.54, 1.807) is 11.3 Å². The number of rotatable bonds is 4. The SMILES string of the molecule is Cc1cc(C)cc(-c2nccc3c(C)c(-c4ccc(CC(C)(C)C(F)(F)F)cc4)sc23)c1. The molecule has 0 spiro atoms. The Morgan fingerprint density at radius 3 is 2.06 bits per heavy atom. The molecule has 0 saturated heterocycles. The number of hydrogen-bond acceptors (Lipinski definition) is 2. The molecule has 4 aromatic rings. The number of pyridine rings is 1. The maximum absolute atomic E-state index is 13.3. The highest BCUT2D eigenvalue weighted by Gasteiger charge is 2.46. The molecule has 0 radical (unpaired) electrons. The smallest absolute Gasteiger partial charge is 0.255 e. The predicted molar refractivity (Wildman–Crippen MR) is 128 cm³/mol. The summed E-state index contributed by atoms with van der Waals surface area (Å²) < 4.78 is 40.9. The molecule has 0 amide bonds. The average Bonchev–Trinajstić information content (AvgIpc) is 3.03. The largest absolute Gasteiger partial charge is 0.394 e. The number of aromatic nitrogens is 1. The fourth-order valence-corrected chi connectivity index (χ4v) is 5.44. The second kappa shape index (κ2) is 8.04. The number of hydrogen-bond donors (Lipinski definition) is 0. The molecular weight excluding hydrogens is 427 g/mol. The van der Waals surface area contributed by atoms with Crippen molar-refractivity contribution in [2.75, 3.05) is 0 Å². The molecule has 2 aromatic heterocycles. The van der Waals surface area contributed by atoms with E-state index in [-0.39, 0.29) is 6.42 Å². The Hall–Kier alpha value is -2.66. The lowest BCUT2D eigenvalue weighted by Crippen LogP contribution is -2.34. The van der Waals surface area contributed by atoms with E-state index in [0.717, 1.165) is 31.8 Å². The standard InChI is InChI=1S/C27H26F3NS/c1-16-12-17(2)14-21(13-16)23-25-22(10-11-31-23)18(3)24(32-25)20-8-6-19(7-9-20)15-26(4,5)27(28,29)30/h6-14H,15H2,1-5H3. The van der Waals surface area contributed by atoms with E-state index < -0.39 is 11.6 Å². The van der Waals surface area contributed by atoms with Crippen molar-refractivity contribution < 1.29 is 13.2 Å². The van der Waals surface area contributed by atoms with Gasteiger partial charge in [-0.3, -0.25) is 4.98 Å². The topological polar surface area (TPSA) is 12.9 Å². The van der Waals surface area contributed by atoms with Crippen LogP contribution >= 0.6 is 11.3 Å². The molecule has 5 heteroatoms. The van der Waals surface area contributed by atoms with Gasteiger partial charge >= 0.3 is 6.18 Å². The van der Waals surface area contributed by atoms with Crippen LogP contribution in [-0.4, -0.2) is 11.2 Å². The van der Waals surface area contributed by atoms with Crippen LogP contribution in [0.15, 0.2) is 54.7 Å². The Kier molecular flexibility index (Phi) is 5.66. The summed E-state index contributed by atoms with van der Waals surface area (Å²) in [5.74, 6) is 0. The fraction of sp³-hybridized carbons (Fsp3) is 0.296. The molecule has 0 N–H and O–H groups in total. The molecule has 1 nitrogen and oxygen atoms in total. The zero-order valence-electron chi connectivity index (χ0n) is 18.9. The van der Waals surface area contributed by atoms with Crippen LogP contribution in [0.25, 0.3) is 31.8 Å². The number of fused-ring (bicyclic) bond motifs is 1. The molecule has 0 aliphatic carbocycles. The predicted octanol–water partition coefficient (Wildman–Crippen LogP) is 8.69. The molecule has 2 aromatic carbocycles. The number of alkyl halides is 3. The van der Waals surface area contributed by atoms with Gasteiger partial charge in [0.2, 0.25) is 0 Å². The first-order chi connectivity index (χ1) is 15.0. The quantitative estimate of drug-likeness (QED) is 0.301. The molecular formula is C27H26F3NS. The minimum absolute atomic E-state index is 0.0387. The van der Waals surface area contributed by atoms with Gasteiger partial charge in [-0.25, -0.2) is 0 Å². The lowest BCUT2D eigenvalue weighted by molar-refractivity contribution is -0.211. The molecule has 0 aliphatic heterocycles. The van der Waals surface area contributed by atoms with Crippen LogP contribution < -0.4 is 0 Å². The summed E-state index contributed by atoms with van der Waals surface area (Å²) in [5.41, 5.74) is 5.59. The van der Waals surface area contributed by atoms with E-state index >= 15 is 0 Å². The van der Waals surface area contributed by atoms with Gasteiger partial charge in [-0.2, -0.15) is 13.2 Å². The molecule has 0 fully saturated rings. The summed E-state index contributed by atoms with van der Waals surface area (Å²) in [6, 6.07) is 16.0. The number of thiophene rings is 1. The van der Waals surface area contributed by atoms with E-state index in [4.69, 9.17) is 0 Å². The fourth-order valence-electron chi connectivity index (χ4n) is 4.12. The Morgan fingerprint density at radius 2 is 1.47 bits per heavy atom. The third-order valence-corrected chi connectivity index (χ3v) is 7.34. The lowest BCUT2D eigenvalue weighted by Gasteiger charge is -2.27. The van der Waals surface area contributed by atoms with Crippen molar-refractivity contribution in [2.24, 2.45) is 5.41 Å². The van der Waals surface area contributed by atoms with Crippen LogP contribution in [0.1, 0.15) is 36.1 Å². The number of aryl methyl sites for hydroxylation is 3. The van der Waals surface area contributed by atoms with Crippen LogP contribution in [0.3, 0.4) is 0 Å². The van der Waals surface area contributed by atoms with Gasteiger partial charge in [-0.15, -0.1) is 11.3 Å². The highest BCUT2D eigenvalue weighted by molar-refractivity contribution is 7.23. The maximum Gasteiger partial charge on any atom is 0.394 e. The first kappa shape index (κ1) is 22.5. The number of halogens is 3. The third-order valence-electron chi connectivity index (χ3n) is 5.98. The third kappa shape index (κ3) is 4.18. The molecule has 0 unspecified atom stereocenters. The van der Waals surface area contributed by atoms with Gasteiger partial charge in [0.25, 0.3) is 0 Å². The van der Waals surface area contributed by atoms with E-state index in [1.165, 1.54) is 30.5 Å². The number of benzene rings is 2. The van der Waals surface area contributed by atoms with Gasteiger partial charge in [-0.1, -0.05) is 55.3 Å².